The predicted octanol–water partition coefficient (Wildman–Crippen LogP) is 3.16. The van der Waals surface area contributed by atoms with Gasteiger partial charge in [-0.25, -0.2) is 9.97 Å². The minimum Gasteiger partial charge on any atom is -0.370 e. The maximum atomic E-state index is 4.79. The van der Waals surface area contributed by atoms with Crippen molar-refractivity contribution in [2.45, 2.75) is 59.4 Å². The molecule has 2 heterocycles. The third kappa shape index (κ3) is 2.82. The highest BCUT2D eigenvalue weighted by Crippen LogP contribution is 2.31. The molecule has 0 radical (unpaired) electrons. The number of hydrogen-bond acceptors (Lipinski definition) is 4. The van der Waals surface area contributed by atoms with Crippen molar-refractivity contribution in [3.05, 3.63) is 11.4 Å². The Balaban J connectivity index is 2.40. The van der Waals surface area contributed by atoms with Crippen LogP contribution < -0.4 is 10.2 Å². The van der Waals surface area contributed by atoms with E-state index in [1.54, 1.807) is 0 Å². The summed E-state index contributed by atoms with van der Waals surface area (Å²) in [6.07, 6.45) is 4.65. The average Bonchev–Trinajstić information content (AvgIpc) is 2.89. The molecule has 4 nitrogen and oxygen atoms in total. The summed E-state index contributed by atoms with van der Waals surface area (Å²) in [4.78, 5) is 11.9. The quantitative estimate of drug-likeness (QED) is 0.885. The molecule has 0 bridgehead atoms. The molecule has 1 aliphatic heterocycles. The van der Waals surface area contributed by atoms with E-state index in [1.165, 1.54) is 24.8 Å². The van der Waals surface area contributed by atoms with E-state index in [-0.39, 0.29) is 0 Å². The van der Waals surface area contributed by atoms with Crippen LogP contribution in [-0.2, 0) is 6.42 Å². The molecule has 1 N–H and O–H groups in total. The molecule has 1 aromatic heterocycles. The van der Waals surface area contributed by atoms with E-state index in [0.29, 0.717) is 6.04 Å². The lowest BCUT2D eigenvalue weighted by Gasteiger charge is -2.27. The Labute approximate surface area is 116 Å². The largest absolute Gasteiger partial charge is 0.370 e. The molecule has 1 unspecified atom stereocenters. The number of rotatable bonds is 5. The highest BCUT2D eigenvalue weighted by molar-refractivity contribution is 5.59. The molecule has 1 aliphatic rings. The van der Waals surface area contributed by atoms with Gasteiger partial charge in [0, 0.05) is 31.1 Å². The summed E-state index contributed by atoms with van der Waals surface area (Å²) in [6, 6.07) is 0.646. The molecule has 0 spiro atoms. The van der Waals surface area contributed by atoms with E-state index in [1.807, 2.05) is 0 Å². The highest BCUT2D eigenvalue weighted by atomic mass is 15.2. The standard InChI is InChI=1S/C15H26N4/c1-5-12-9-8-10-19(12)15-11(4)14(16-7-3)17-13(6-2)18-15/h12H,5-10H2,1-4H3,(H,16,17,18). The van der Waals surface area contributed by atoms with Crippen LogP contribution in [0.5, 0.6) is 0 Å². The van der Waals surface area contributed by atoms with E-state index in [4.69, 9.17) is 4.98 Å². The summed E-state index contributed by atoms with van der Waals surface area (Å²) in [5, 5.41) is 3.37. The molecule has 19 heavy (non-hydrogen) atoms. The summed E-state index contributed by atoms with van der Waals surface area (Å²) < 4.78 is 0. The van der Waals surface area contributed by atoms with Crippen molar-refractivity contribution < 1.29 is 0 Å². The molecule has 1 fully saturated rings. The van der Waals surface area contributed by atoms with Crippen molar-refractivity contribution in [3.63, 3.8) is 0 Å². The summed E-state index contributed by atoms with van der Waals surface area (Å²) in [5.41, 5.74) is 1.19. The van der Waals surface area contributed by atoms with Crippen LogP contribution in [0.1, 0.15) is 51.4 Å². The van der Waals surface area contributed by atoms with Crippen LogP contribution in [0.2, 0.25) is 0 Å². The monoisotopic (exact) mass is 262 g/mol. The van der Waals surface area contributed by atoms with Gasteiger partial charge in [0.25, 0.3) is 0 Å². The molecule has 1 saturated heterocycles. The van der Waals surface area contributed by atoms with E-state index in [2.05, 4.69) is 42.9 Å². The zero-order valence-corrected chi connectivity index (χ0v) is 12.7. The SMILES string of the molecule is CCNc1nc(CC)nc(N2CCCC2CC)c1C. The molecule has 1 aromatic rings. The first-order valence-corrected chi connectivity index (χ1v) is 7.59. The van der Waals surface area contributed by atoms with Gasteiger partial charge in [0.05, 0.1) is 0 Å². The predicted molar refractivity (Wildman–Crippen MR) is 81.0 cm³/mol. The molecule has 0 aliphatic carbocycles. The van der Waals surface area contributed by atoms with Crippen LogP contribution in [0.25, 0.3) is 0 Å². The van der Waals surface area contributed by atoms with Crippen LogP contribution in [0.3, 0.4) is 0 Å². The fourth-order valence-electron chi connectivity index (χ4n) is 2.87. The highest BCUT2D eigenvalue weighted by Gasteiger charge is 2.26. The van der Waals surface area contributed by atoms with Crippen molar-refractivity contribution >= 4 is 11.6 Å². The Kier molecular flexibility index (Phi) is 4.61. The topological polar surface area (TPSA) is 41.1 Å². The Morgan fingerprint density at radius 3 is 2.68 bits per heavy atom. The zero-order valence-electron chi connectivity index (χ0n) is 12.7. The number of hydrogen-bond donors (Lipinski definition) is 1. The maximum absolute atomic E-state index is 4.79. The number of aromatic nitrogens is 2. The molecule has 1 atom stereocenters. The van der Waals surface area contributed by atoms with Crippen LogP contribution >= 0.6 is 0 Å². The van der Waals surface area contributed by atoms with Crippen LogP contribution in [0, 0.1) is 6.92 Å². The molecule has 0 saturated carbocycles. The van der Waals surface area contributed by atoms with E-state index in [9.17, 15) is 0 Å². The van der Waals surface area contributed by atoms with E-state index < -0.39 is 0 Å². The molecule has 4 heteroatoms. The van der Waals surface area contributed by atoms with Gasteiger partial charge in [-0.2, -0.15) is 0 Å². The van der Waals surface area contributed by atoms with Crippen molar-refractivity contribution in [2.24, 2.45) is 0 Å². The second-order valence-corrected chi connectivity index (χ2v) is 5.22. The average molecular weight is 262 g/mol. The first kappa shape index (κ1) is 14.1. The van der Waals surface area contributed by atoms with Crippen molar-refractivity contribution in [1.29, 1.82) is 0 Å². The lowest BCUT2D eigenvalue weighted by molar-refractivity contribution is 0.637. The minimum atomic E-state index is 0.646. The smallest absolute Gasteiger partial charge is 0.137 e. The Hall–Kier alpha value is -1.32. The summed E-state index contributed by atoms with van der Waals surface area (Å²) in [5.74, 6) is 3.09. The Morgan fingerprint density at radius 2 is 2.05 bits per heavy atom. The van der Waals surface area contributed by atoms with Crippen molar-refractivity contribution in [2.75, 3.05) is 23.3 Å². The Bertz CT molecular complexity index is 430. The summed E-state index contributed by atoms with van der Waals surface area (Å²) in [7, 11) is 0. The number of anilines is 2. The lowest BCUT2D eigenvalue weighted by Crippen LogP contribution is -2.30. The normalized spacial score (nSPS) is 18.9. The second-order valence-electron chi connectivity index (χ2n) is 5.22. The molecular weight excluding hydrogens is 236 g/mol. The number of nitrogens with one attached hydrogen (secondary N) is 1. The van der Waals surface area contributed by atoms with Crippen LogP contribution in [-0.4, -0.2) is 29.1 Å². The summed E-state index contributed by atoms with van der Waals surface area (Å²) >= 11 is 0. The van der Waals surface area contributed by atoms with Gasteiger partial charge in [0.15, 0.2) is 0 Å². The maximum Gasteiger partial charge on any atom is 0.137 e. The van der Waals surface area contributed by atoms with E-state index >= 15 is 0 Å². The van der Waals surface area contributed by atoms with Gasteiger partial charge in [-0.3, -0.25) is 0 Å². The number of nitrogens with zero attached hydrogens (tertiary/aromatic N) is 3. The van der Waals surface area contributed by atoms with Crippen molar-refractivity contribution in [1.82, 2.24) is 9.97 Å². The molecule has 106 valence electrons. The van der Waals surface area contributed by atoms with Gasteiger partial charge >= 0.3 is 0 Å². The van der Waals surface area contributed by atoms with Gasteiger partial charge in [-0.05, 0) is 33.1 Å². The third-order valence-corrected chi connectivity index (χ3v) is 3.95. The second kappa shape index (κ2) is 6.22. The fourth-order valence-corrected chi connectivity index (χ4v) is 2.87. The summed E-state index contributed by atoms with van der Waals surface area (Å²) in [6.45, 7) is 10.7. The fraction of sp³-hybridized carbons (Fsp3) is 0.733. The first-order chi connectivity index (χ1) is 9.21. The van der Waals surface area contributed by atoms with Crippen molar-refractivity contribution in [3.8, 4) is 0 Å². The Morgan fingerprint density at radius 1 is 1.26 bits per heavy atom. The first-order valence-electron chi connectivity index (χ1n) is 7.59. The zero-order chi connectivity index (χ0) is 13.8. The number of aryl methyl sites for hydroxylation is 1. The van der Waals surface area contributed by atoms with Crippen LogP contribution in [0.4, 0.5) is 11.6 Å². The lowest BCUT2D eigenvalue weighted by atomic mass is 10.1. The van der Waals surface area contributed by atoms with Crippen LogP contribution in [0.15, 0.2) is 0 Å². The van der Waals surface area contributed by atoms with Gasteiger partial charge in [-0.15, -0.1) is 0 Å². The minimum absolute atomic E-state index is 0.646. The van der Waals surface area contributed by atoms with Gasteiger partial charge in [0.2, 0.25) is 0 Å². The van der Waals surface area contributed by atoms with E-state index in [0.717, 1.165) is 37.0 Å². The van der Waals surface area contributed by atoms with Gasteiger partial charge < -0.3 is 10.2 Å². The molecular formula is C15H26N4. The van der Waals surface area contributed by atoms with Gasteiger partial charge in [0.1, 0.15) is 17.5 Å². The third-order valence-electron chi connectivity index (χ3n) is 3.95. The molecule has 0 aromatic carbocycles. The van der Waals surface area contributed by atoms with Gasteiger partial charge in [-0.1, -0.05) is 13.8 Å². The molecule has 2 rings (SSSR count). The molecule has 0 amide bonds.